The number of benzene rings is 1. The van der Waals surface area contributed by atoms with Crippen molar-refractivity contribution in [3.8, 4) is 0 Å². The van der Waals surface area contributed by atoms with Gasteiger partial charge in [-0.15, -0.1) is 0 Å². The summed E-state index contributed by atoms with van der Waals surface area (Å²) in [4.78, 5) is 0. The average Bonchev–Trinajstić information content (AvgIpc) is 2.17. The van der Waals surface area contributed by atoms with Gasteiger partial charge in [-0.1, -0.05) is 31.5 Å². The third-order valence-electron chi connectivity index (χ3n) is 2.41. The second kappa shape index (κ2) is 5.34. The van der Waals surface area contributed by atoms with Gasteiger partial charge in [-0.2, -0.15) is 13.2 Å². The zero-order valence-electron chi connectivity index (χ0n) is 9.22. The van der Waals surface area contributed by atoms with Crippen LogP contribution in [-0.4, -0.2) is 6.04 Å². The monoisotopic (exact) mass is 231 g/mol. The van der Waals surface area contributed by atoms with Gasteiger partial charge in [-0.25, -0.2) is 0 Å². The van der Waals surface area contributed by atoms with Crippen LogP contribution in [0.4, 0.5) is 13.2 Å². The summed E-state index contributed by atoms with van der Waals surface area (Å²) in [7, 11) is 0. The standard InChI is InChI=1S/C12H16F3N/c1-2-4-11(16)8-9-5-3-6-10(7-9)12(13,14)15/h3,5-7,11H,2,4,8,16H2,1H3. The SMILES string of the molecule is CCCC(N)Cc1cccc(C(F)(F)F)c1. The summed E-state index contributed by atoms with van der Waals surface area (Å²) in [5.74, 6) is 0. The van der Waals surface area contributed by atoms with Crippen LogP contribution in [0.15, 0.2) is 24.3 Å². The van der Waals surface area contributed by atoms with Crippen LogP contribution in [0.25, 0.3) is 0 Å². The number of hydrogen-bond acceptors (Lipinski definition) is 1. The molecule has 1 nitrogen and oxygen atoms in total. The van der Waals surface area contributed by atoms with E-state index < -0.39 is 11.7 Å². The fourth-order valence-corrected chi connectivity index (χ4v) is 1.65. The lowest BCUT2D eigenvalue weighted by Gasteiger charge is -2.12. The number of alkyl halides is 3. The van der Waals surface area contributed by atoms with Crippen molar-refractivity contribution < 1.29 is 13.2 Å². The summed E-state index contributed by atoms with van der Waals surface area (Å²) in [6, 6.07) is 5.31. The van der Waals surface area contributed by atoms with Crippen molar-refractivity contribution in [2.45, 2.75) is 38.4 Å². The lowest BCUT2D eigenvalue weighted by molar-refractivity contribution is -0.137. The zero-order valence-corrected chi connectivity index (χ0v) is 9.22. The van der Waals surface area contributed by atoms with E-state index in [9.17, 15) is 13.2 Å². The Kier molecular flexibility index (Phi) is 4.35. The van der Waals surface area contributed by atoms with Gasteiger partial charge < -0.3 is 5.73 Å². The van der Waals surface area contributed by atoms with Crippen LogP contribution in [0, 0.1) is 0 Å². The molecule has 1 aromatic carbocycles. The van der Waals surface area contributed by atoms with Gasteiger partial charge >= 0.3 is 6.18 Å². The first kappa shape index (κ1) is 13.0. The Bertz CT molecular complexity index is 333. The van der Waals surface area contributed by atoms with Gasteiger partial charge in [-0.05, 0) is 24.5 Å². The van der Waals surface area contributed by atoms with Crippen molar-refractivity contribution in [2.24, 2.45) is 5.73 Å². The number of rotatable bonds is 4. The highest BCUT2D eigenvalue weighted by molar-refractivity contribution is 5.26. The molecule has 0 fully saturated rings. The number of halogens is 3. The minimum Gasteiger partial charge on any atom is -0.327 e. The molecule has 0 aliphatic carbocycles. The predicted octanol–water partition coefficient (Wildman–Crippen LogP) is 3.38. The van der Waals surface area contributed by atoms with Crippen LogP contribution in [0.1, 0.15) is 30.9 Å². The number of hydrogen-bond donors (Lipinski definition) is 1. The van der Waals surface area contributed by atoms with E-state index in [4.69, 9.17) is 5.73 Å². The minimum absolute atomic E-state index is 0.0616. The molecule has 1 aromatic rings. The van der Waals surface area contributed by atoms with Gasteiger partial charge in [0.05, 0.1) is 5.56 Å². The quantitative estimate of drug-likeness (QED) is 0.844. The molecule has 1 unspecified atom stereocenters. The molecule has 0 amide bonds. The van der Waals surface area contributed by atoms with Crippen molar-refractivity contribution in [2.75, 3.05) is 0 Å². The Morgan fingerprint density at radius 1 is 1.31 bits per heavy atom. The first-order valence-electron chi connectivity index (χ1n) is 5.35. The van der Waals surface area contributed by atoms with Crippen molar-refractivity contribution >= 4 is 0 Å². The lowest BCUT2D eigenvalue weighted by Crippen LogP contribution is -2.22. The fraction of sp³-hybridized carbons (Fsp3) is 0.500. The smallest absolute Gasteiger partial charge is 0.327 e. The molecule has 0 heterocycles. The molecule has 0 radical (unpaired) electrons. The van der Waals surface area contributed by atoms with E-state index in [-0.39, 0.29) is 6.04 Å². The molecule has 90 valence electrons. The molecule has 0 bridgehead atoms. The molecule has 0 saturated carbocycles. The molecular weight excluding hydrogens is 215 g/mol. The maximum Gasteiger partial charge on any atom is 0.416 e. The summed E-state index contributed by atoms with van der Waals surface area (Å²) >= 11 is 0. The first-order chi connectivity index (χ1) is 7.43. The predicted molar refractivity (Wildman–Crippen MR) is 58.0 cm³/mol. The zero-order chi connectivity index (χ0) is 12.2. The summed E-state index contributed by atoms with van der Waals surface area (Å²) < 4.78 is 37.3. The molecule has 1 atom stereocenters. The summed E-state index contributed by atoms with van der Waals surface area (Å²) in [6.45, 7) is 2.01. The van der Waals surface area contributed by atoms with Crippen molar-refractivity contribution in [1.29, 1.82) is 0 Å². The molecule has 0 aromatic heterocycles. The maximum absolute atomic E-state index is 12.4. The largest absolute Gasteiger partial charge is 0.416 e. The van der Waals surface area contributed by atoms with E-state index in [1.165, 1.54) is 12.1 Å². The molecule has 16 heavy (non-hydrogen) atoms. The van der Waals surface area contributed by atoms with Crippen LogP contribution >= 0.6 is 0 Å². The molecule has 0 saturated heterocycles. The summed E-state index contributed by atoms with van der Waals surface area (Å²) in [5.41, 5.74) is 5.84. The van der Waals surface area contributed by atoms with E-state index in [1.807, 2.05) is 6.92 Å². The lowest BCUT2D eigenvalue weighted by atomic mass is 10.0. The van der Waals surface area contributed by atoms with Crippen molar-refractivity contribution in [3.63, 3.8) is 0 Å². The molecule has 0 aliphatic rings. The van der Waals surface area contributed by atoms with Crippen LogP contribution < -0.4 is 5.73 Å². The van der Waals surface area contributed by atoms with E-state index in [1.54, 1.807) is 6.07 Å². The Morgan fingerprint density at radius 3 is 2.56 bits per heavy atom. The first-order valence-corrected chi connectivity index (χ1v) is 5.35. The van der Waals surface area contributed by atoms with Gasteiger partial charge in [0.2, 0.25) is 0 Å². The molecule has 2 N–H and O–H groups in total. The highest BCUT2D eigenvalue weighted by Crippen LogP contribution is 2.29. The molecule has 4 heteroatoms. The topological polar surface area (TPSA) is 26.0 Å². The van der Waals surface area contributed by atoms with Crippen LogP contribution in [0.3, 0.4) is 0 Å². The highest BCUT2D eigenvalue weighted by atomic mass is 19.4. The minimum atomic E-state index is -4.27. The van der Waals surface area contributed by atoms with Gasteiger partial charge in [0, 0.05) is 6.04 Å². The van der Waals surface area contributed by atoms with E-state index in [2.05, 4.69) is 0 Å². The molecule has 1 rings (SSSR count). The van der Waals surface area contributed by atoms with Gasteiger partial charge in [-0.3, -0.25) is 0 Å². The van der Waals surface area contributed by atoms with E-state index in [0.29, 0.717) is 12.0 Å². The van der Waals surface area contributed by atoms with E-state index >= 15 is 0 Å². The third-order valence-corrected chi connectivity index (χ3v) is 2.41. The van der Waals surface area contributed by atoms with Crippen LogP contribution in [0.5, 0.6) is 0 Å². The molecule has 0 spiro atoms. The fourth-order valence-electron chi connectivity index (χ4n) is 1.65. The Balaban J connectivity index is 2.75. The third kappa shape index (κ3) is 3.85. The van der Waals surface area contributed by atoms with Gasteiger partial charge in [0.1, 0.15) is 0 Å². The summed E-state index contributed by atoms with van der Waals surface area (Å²) in [5, 5.41) is 0. The van der Waals surface area contributed by atoms with Crippen molar-refractivity contribution in [1.82, 2.24) is 0 Å². The maximum atomic E-state index is 12.4. The van der Waals surface area contributed by atoms with Crippen LogP contribution in [0.2, 0.25) is 0 Å². The Labute approximate surface area is 93.5 Å². The molecule has 0 aliphatic heterocycles. The second-order valence-corrected chi connectivity index (χ2v) is 3.95. The average molecular weight is 231 g/mol. The van der Waals surface area contributed by atoms with Gasteiger partial charge in [0.15, 0.2) is 0 Å². The number of nitrogens with two attached hydrogens (primary N) is 1. The summed E-state index contributed by atoms with van der Waals surface area (Å²) in [6.07, 6.45) is -2.00. The normalized spacial score (nSPS) is 13.8. The van der Waals surface area contributed by atoms with Crippen LogP contribution in [-0.2, 0) is 12.6 Å². The van der Waals surface area contributed by atoms with Crippen molar-refractivity contribution in [3.05, 3.63) is 35.4 Å². The van der Waals surface area contributed by atoms with Gasteiger partial charge in [0.25, 0.3) is 0 Å². The second-order valence-electron chi connectivity index (χ2n) is 3.95. The molecular formula is C12H16F3N. The Hall–Kier alpha value is -1.03. The van der Waals surface area contributed by atoms with E-state index in [0.717, 1.165) is 18.9 Å². The Morgan fingerprint density at radius 2 is 2.00 bits per heavy atom. The highest BCUT2D eigenvalue weighted by Gasteiger charge is 2.30.